The van der Waals surface area contributed by atoms with Crippen LogP contribution >= 0.6 is 28.1 Å². The molecule has 0 aliphatic rings. The second kappa shape index (κ2) is 4.78. The molecule has 6 heteroatoms. The minimum Gasteiger partial charge on any atom is -0.331 e. The van der Waals surface area contributed by atoms with Crippen LogP contribution < -0.4 is 5.56 Å². The summed E-state index contributed by atoms with van der Waals surface area (Å²) in [6.07, 6.45) is 0. The molecule has 0 saturated carbocycles. The number of aromatic amines is 1. The topological polar surface area (TPSA) is 54.9 Å². The molecule has 4 nitrogen and oxygen atoms in total. The molecule has 0 fully saturated rings. The zero-order chi connectivity index (χ0) is 13.4. The highest BCUT2D eigenvalue weighted by molar-refractivity contribution is 9.10. The monoisotopic (exact) mass is 326 g/mol. The molecule has 18 heavy (non-hydrogen) atoms. The van der Waals surface area contributed by atoms with E-state index < -0.39 is 0 Å². The summed E-state index contributed by atoms with van der Waals surface area (Å²) in [4.78, 5) is 27.2. The zero-order valence-electron chi connectivity index (χ0n) is 9.86. The summed E-state index contributed by atoms with van der Waals surface area (Å²) in [7, 11) is 0. The molecule has 0 bridgehead atoms. The molecule has 1 aromatic heterocycles. The molecule has 1 N–H and O–H groups in total. The molecule has 1 aromatic carbocycles. The zero-order valence-corrected chi connectivity index (χ0v) is 12.3. The van der Waals surface area contributed by atoms with Crippen LogP contribution in [0.1, 0.15) is 18.6 Å². The van der Waals surface area contributed by atoms with Crippen molar-refractivity contribution in [1.29, 1.82) is 0 Å². The van der Waals surface area contributed by atoms with Crippen LogP contribution in [-0.2, 0) is 0 Å². The Morgan fingerprint density at radius 1 is 1.44 bits per heavy atom. The van der Waals surface area contributed by atoms with Gasteiger partial charge in [-0.1, -0.05) is 29.8 Å². The second-order valence-electron chi connectivity index (χ2n) is 4.25. The number of benzene rings is 1. The predicted molar refractivity (Wildman–Crippen MR) is 76.6 cm³/mol. The van der Waals surface area contributed by atoms with Gasteiger partial charge in [0.05, 0.1) is 10.9 Å². The van der Waals surface area contributed by atoms with Gasteiger partial charge in [0.25, 0.3) is 5.56 Å². The number of fused-ring (bicyclic) bond motifs is 1. The van der Waals surface area contributed by atoms with E-state index >= 15 is 0 Å². The van der Waals surface area contributed by atoms with Gasteiger partial charge >= 0.3 is 0 Å². The molecule has 0 aliphatic heterocycles. The molecule has 0 aliphatic carbocycles. The lowest BCUT2D eigenvalue weighted by Crippen LogP contribution is -2.31. The number of carbonyl (C=O) groups excluding carboxylic acids is 1. The van der Waals surface area contributed by atoms with Gasteiger partial charge in [-0.05, 0) is 30.4 Å². The fourth-order valence-corrected chi connectivity index (χ4v) is 2.29. The molecule has 0 unspecified atom stereocenters. The van der Waals surface area contributed by atoms with Gasteiger partial charge in [0.1, 0.15) is 0 Å². The van der Waals surface area contributed by atoms with E-state index in [2.05, 4.69) is 20.9 Å². The molecule has 94 valence electrons. The number of halogens is 1. The molecular weight excluding hydrogens is 316 g/mol. The maximum Gasteiger partial charge on any atom is 0.269 e. The number of hydrogen-bond donors (Lipinski definition) is 1. The van der Waals surface area contributed by atoms with Gasteiger partial charge in [-0.3, -0.25) is 9.59 Å². The normalized spacial score (nSPS) is 11.1. The Balaban J connectivity index is 2.88. The van der Waals surface area contributed by atoms with Crippen LogP contribution in [0.25, 0.3) is 10.9 Å². The highest BCUT2D eigenvalue weighted by Crippen LogP contribution is 2.15. The van der Waals surface area contributed by atoms with Gasteiger partial charge in [0.2, 0.25) is 5.91 Å². The van der Waals surface area contributed by atoms with Crippen LogP contribution in [-0.4, -0.2) is 15.5 Å². The first-order valence-corrected chi connectivity index (χ1v) is 6.60. The third kappa shape index (κ3) is 2.18. The van der Waals surface area contributed by atoms with Crippen molar-refractivity contribution < 1.29 is 4.79 Å². The Labute approximate surface area is 117 Å². The van der Waals surface area contributed by atoms with Crippen LogP contribution in [0.3, 0.4) is 0 Å². The number of H-pyrrole nitrogens is 1. The van der Waals surface area contributed by atoms with E-state index in [1.54, 1.807) is 26.0 Å². The minimum absolute atomic E-state index is 0.133. The summed E-state index contributed by atoms with van der Waals surface area (Å²) in [6, 6.07) is 5.23. The van der Waals surface area contributed by atoms with Crippen LogP contribution in [0.15, 0.2) is 27.5 Å². The standard InChI is InChI=1S/C12H11BrN2O2S/c1-6(2)10(16)15-11(17)8-5-7(13)3-4-9(8)14-12(15)18/h3-6H,1-2H3,(H,14,18). The first-order valence-electron chi connectivity index (χ1n) is 5.40. The maximum absolute atomic E-state index is 12.3. The molecule has 0 amide bonds. The molecule has 0 saturated heterocycles. The van der Waals surface area contributed by atoms with Crippen molar-refractivity contribution in [2.75, 3.05) is 0 Å². The Morgan fingerprint density at radius 2 is 2.11 bits per heavy atom. The highest BCUT2D eigenvalue weighted by Gasteiger charge is 2.15. The maximum atomic E-state index is 12.3. The number of nitrogens with one attached hydrogen (secondary N) is 1. The van der Waals surface area contributed by atoms with E-state index in [-0.39, 0.29) is 22.2 Å². The average molecular weight is 327 g/mol. The summed E-state index contributed by atoms with van der Waals surface area (Å²) in [5.41, 5.74) is 0.245. The quantitative estimate of drug-likeness (QED) is 0.819. The van der Waals surface area contributed by atoms with Crippen LogP contribution in [0.2, 0.25) is 0 Å². The Kier molecular flexibility index (Phi) is 3.49. The Hall–Kier alpha value is -1.27. The molecule has 2 aromatic rings. The summed E-state index contributed by atoms with van der Waals surface area (Å²) in [5.74, 6) is -0.592. The van der Waals surface area contributed by atoms with Gasteiger partial charge in [-0.15, -0.1) is 0 Å². The number of nitrogens with zero attached hydrogens (tertiary/aromatic N) is 1. The van der Waals surface area contributed by atoms with Crippen molar-refractivity contribution in [3.63, 3.8) is 0 Å². The molecule has 0 spiro atoms. The Morgan fingerprint density at radius 3 is 2.72 bits per heavy atom. The second-order valence-corrected chi connectivity index (χ2v) is 5.56. The first kappa shape index (κ1) is 13.2. The van der Waals surface area contributed by atoms with Crippen LogP contribution in [0.4, 0.5) is 0 Å². The lowest BCUT2D eigenvalue weighted by atomic mass is 10.2. The van der Waals surface area contributed by atoms with Crippen LogP contribution in [0.5, 0.6) is 0 Å². The number of hydrogen-bond acceptors (Lipinski definition) is 3. The van der Waals surface area contributed by atoms with E-state index in [0.29, 0.717) is 10.9 Å². The lowest BCUT2D eigenvalue weighted by molar-refractivity contribution is 0.0848. The van der Waals surface area contributed by atoms with Gasteiger partial charge in [0, 0.05) is 10.4 Å². The van der Waals surface area contributed by atoms with Crippen molar-refractivity contribution in [3.05, 3.63) is 37.8 Å². The van der Waals surface area contributed by atoms with Crippen LogP contribution in [0, 0.1) is 10.7 Å². The van der Waals surface area contributed by atoms with Crippen molar-refractivity contribution in [1.82, 2.24) is 9.55 Å². The molecule has 2 rings (SSSR count). The third-order valence-electron chi connectivity index (χ3n) is 2.57. The summed E-state index contributed by atoms with van der Waals surface area (Å²) in [5, 5.41) is 0.437. The van der Waals surface area contributed by atoms with Gasteiger partial charge in [0.15, 0.2) is 4.77 Å². The van der Waals surface area contributed by atoms with E-state index in [9.17, 15) is 9.59 Å². The summed E-state index contributed by atoms with van der Waals surface area (Å²) < 4.78 is 1.93. The molecule has 1 heterocycles. The van der Waals surface area contributed by atoms with E-state index in [4.69, 9.17) is 12.2 Å². The van der Waals surface area contributed by atoms with Crippen molar-refractivity contribution in [2.45, 2.75) is 13.8 Å². The molecular formula is C12H11BrN2O2S. The van der Waals surface area contributed by atoms with Crippen molar-refractivity contribution in [3.8, 4) is 0 Å². The van der Waals surface area contributed by atoms with Gasteiger partial charge in [-0.25, -0.2) is 4.57 Å². The van der Waals surface area contributed by atoms with E-state index in [1.807, 2.05) is 6.07 Å². The van der Waals surface area contributed by atoms with Crippen molar-refractivity contribution in [2.24, 2.45) is 5.92 Å². The fraction of sp³-hybridized carbons (Fsp3) is 0.250. The molecule has 0 atom stereocenters. The summed E-state index contributed by atoms with van der Waals surface area (Å²) >= 11 is 8.37. The smallest absolute Gasteiger partial charge is 0.269 e. The predicted octanol–water partition coefficient (Wildman–Crippen LogP) is 3.12. The molecule has 0 radical (unpaired) electrons. The minimum atomic E-state index is -0.381. The highest BCUT2D eigenvalue weighted by atomic mass is 79.9. The largest absolute Gasteiger partial charge is 0.331 e. The first-order chi connectivity index (χ1) is 8.41. The van der Waals surface area contributed by atoms with E-state index in [0.717, 1.165) is 9.04 Å². The van der Waals surface area contributed by atoms with Gasteiger partial charge in [-0.2, -0.15) is 0 Å². The number of rotatable bonds is 1. The fourth-order valence-electron chi connectivity index (χ4n) is 1.64. The van der Waals surface area contributed by atoms with Crippen molar-refractivity contribution >= 4 is 45.0 Å². The lowest BCUT2D eigenvalue weighted by Gasteiger charge is -2.09. The average Bonchev–Trinajstić information content (AvgIpc) is 2.30. The number of carbonyl (C=O) groups is 1. The Bertz CT molecular complexity index is 746. The summed E-state index contributed by atoms with van der Waals surface area (Å²) in [6.45, 7) is 3.46. The third-order valence-corrected chi connectivity index (χ3v) is 3.35. The van der Waals surface area contributed by atoms with Gasteiger partial charge < -0.3 is 4.98 Å². The number of aromatic nitrogens is 2. The van der Waals surface area contributed by atoms with E-state index in [1.165, 1.54) is 0 Å². The SMILES string of the molecule is CC(C)C(=O)n1c(=S)[nH]c2ccc(Br)cc2c1=O.